The average molecular weight is 179 g/mol. The molecule has 0 unspecified atom stereocenters. The monoisotopic (exact) mass is 179 g/mol. The first-order valence-electron chi connectivity index (χ1n) is 3.69. The summed E-state index contributed by atoms with van der Waals surface area (Å²) in [5.74, 6) is -1.12. The third-order valence-electron chi connectivity index (χ3n) is 1.90. The number of carboxylic acid groups (broad SMARTS) is 1. The highest BCUT2D eigenvalue weighted by Crippen LogP contribution is 2.20. The van der Waals surface area contributed by atoms with Crippen LogP contribution in [0.4, 0.5) is 4.48 Å². The van der Waals surface area contributed by atoms with Crippen LogP contribution < -0.4 is 0 Å². The molecule has 1 N–H and O–H groups in total. The average Bonchev–Trinajstić information content (AvgIpc) is 2.45. The van der Waals surface area contributed by atoms with Gasteiger partial charge >= 0.3 is 5.97 Å². The van der Waals surface area contributed by atoms with Gasteiger partial charge < -0.3 is 5.11 Å². The largest absolute Gasteiger partial charge is 0.478 e. The van der Waals surface area contributed by atoms with E-state index in [9.17, 15) is 9.28 Å². The first-order valence-corrected chi connectivity index (χ1v) is 3.69. The van der Waals surface area contributed by atoms with Crippen LogP contribution in [0.3, 0.4) is 0 Å². The molecule has 0 saturated carbocycles. The molecule has 0 aliphatic heterocycles. The lowest BCUT2D eigenvalue weighted by Crippen LogP contribution is -1.93. The molecule has 0 saturated heterocycles. The number of carbonyl (C=O) groups is 1. The second kappa shape index (κ2) is 2.58. The van der Waals surface area contributed by atoms with Crippen LogP contribution in [0.1, 0.15) is 10.4 Å². The van der Waals surface area contributed by atoms with Crippen molar-refractivity contribution in [2.24, 2.45) is 0 Å². The summed E-state index contributed by atoms with van der Waals surface area (Å²) >= 11 is 0. The van der Waals surface area contributed by atoms with Crippen LogP contribution in [-0.4, -0.2) is 15.9 Å². The first kappa shape index (κ1) is 7.79. The van der Waals surface area contributed by atoms with E-state index < -0.39 is 5.97 Å². The minimum atomic E-state index is -1.12. The highest BCUT2D eigenvalue weighted by molar-refractivity contribution is 6.03. The zero-order chi connectivity index (χ0) is 9.42. The quantitative estimate of drug-likeness (QED) is 0.728. The number of hydrogen-bond acceptors (Lipinski definition) is 1. The van der Waals surface area contributed by atoms with Gasteiger partial charge in [-0.1, -0.05) is 22.7 Å². The van der Waals surface area contributed by atoms with Crippen LogP contribution in [-0.2, 0) is 0 Å². The summed E-state index contributed by atoms with van der Waals surface area (Å²) in [6.07, 6.45) is 0.965. The first-order chi connectivity index (χ1) is 6.20. The topological polar surface area (TPSA) is 42.2 Å². The van der Waals surface area contributed by atoms with E-state index in [1.54, 1.807) is 18.2 Å². The molecule has 2 aromatic rings. The summed E-state index contributed by atoms with van der Waals surface area (Å²) < 4.78 is 13.0. The molecule has 0 aliphatic carbocycles. The summed E-state index contributed by atoms with van der Waals surface area (Å²) in [5, 5.41) is 9.13. The number of aromatic carboxylic acids is 1. The second-order valence-electron chi connectivity index (χ2n) is 2.68. The van der Waals surface area contributed by atoms with Gasteiger partial charge in [-0.05, 0) is 6.07 Å². The van der Waals surface area contributed by atoms with Crippen LogP contribution in [0.5, 0.6) is 0 Å². The van der Waals surface area contributed by atoms with Crippen molar-refractivity contribution in [1.29, 1.82) is 0 Å². The van der Waals surface area contributed by atoms with E-state index in [1.807, 2.05) is 0 Å². The standard InChI is InChI=1S/C9H6FNO2/c10-11-5-7(9(12)13)6-3-1-2-4-8(6)11/h1-5H,(H,12,13). The Hall–Kier alpha value is -1.84. The number of halogens is 1. The van der Waals surface area contributed by atoms with Crippen molar-refractivity contribution in [2.45, 2.75) is 0 Å². The molecule has 0 aliphatic rings. The van der Waals surface area contributed by atoms with Crippen LogP contribution in [0, 0.1) is 0 Å². The second-order valence-corrected chi connectivity index (χ2v) is 2.68. The Morgan fingerprint density at radius 2 is 2.08 bits per heavy atom. The van der Waals surface area contributed by atoms with Crippen molar-refractivity contribution in [2.75, 3.05) is 0 Å². The van der Waals surface area contributed by atoms with E-state index in [-0.39, 0.29) is 11.1 Å². The summed E-state index contributed by atoms with van der Waals surface area (Å²) in [5.41, 5.74) is 0.262. The number of fused-ring (bicyclic) bond motifs is 1. The fraction of sp³-hybridized carbons (Fsp3) is 0. The van der Waals surface area contributed by atoms with Crippen LogP contribution in [0.15, 0.2) is 30.5 Å². The van der Waals surface area contributed by atoms with Gasteiger partial charge in [0.05, 0.1) is 17.3 Å². The highest BCUT2D eigenvalue weighted by Gasteiger charge is 2.12. The van der Waals surface area contributed by atoms with Crippen molar-refractivity contribution in [3.63, 3.8) is 0 Å². The molecule has 0 amide bonds. The number of aromatic nitrogens is 1. The highest BCUT2D eigenvalue weighted by atomic mass is 19.2. The van der Waals surface area contributed by atoms with Crippen LogP contribution in [0.2, 0.25) is 0 Å². The Labute approximate surface area is 73.0 Å². The number of nitrogens with zero attached hydrogens (tertiary/aromatic N) is 1. The van der Waals surface area contributed by atoms with Gasteiger partial charge in [-0.15, -0.1) is 0 Å². The molecule has 1 aromatic carbocycles. The molecule has 4 heteroatoms. The normalized spacial score (nSPS) is 10.5. The molecular formula is C9H6FNO2. The molecule has 0 bridgehead atoms. The third-order valence-corrected chi connectivity index (χ3v) is 1.90. The molecule has 0 spiro atoms. The molecule has 0 fully saturated rings. The summed E-state index contributed by atoms with van der Waals surface area (Å²) in [7, 11) is 0. The van der Waals surface area contributed by atoms with Gasteiger partial charge in [-0.3, -0.25) is 0 Å². The summed E-state index contributed by atoms with van der Waals surface area (Å²) in [6, 6.07) is 6.44. The van der Waals surface area contributed by atoms with Crippen molar-refractivity contribution in [3.8, 4) is 0 Å². The molecule has 3 nitrogen and oxygen atoms in total. The Morgan fingerprint density at radius 1 is 1.38 bits per heavy atom. The number of carboxylic acids is 1. The lowest BCUT2D eigenvalue weighted by atomic mass is 10.2. The van der Waals surface area contributed by atoms with E-state index in [2.05, 4.69) is 0 Å². The molecule has 2 rings (SSSR count). The molecular weight excluding hydrogens is 173 g/mol. The van der Waals surface area contributed by atoms with Crippen molar-refractivity contribution in [1.82, 2.24) is 4.79 Å². The minimum Gasteiger partial charge on any atom is -0.478 e. The molecule has 13 heavy (non-hydrogen) atoms. The van der Waals surface area contributed by atoms with Crippen LogP contribution in [0.25, 0.3) is 10.9 Å². The Bertz CT molecular complexity index is 475. The lowest BCUT2D eigenvalue weighted by Gasteiger charge is -1.90. The Kier molecular flexibility index (Phi) is 1.55. The Morgan fingerprint density at radius 3 is 2.77 bits per heavy atom. The van der Waals surface area contributed by atoms with Gasteiger partial charge in [0.1, 0.15) is 0 Å². The molecule has 0 atom stereocenters. The van der Waals surface area contributed by atoms with Gasteiger partial charge in [-0.2, -0.15) is 4.79 Å². The maximum absolute atomic E-state index is 13.0. The SMILES string of the molecule is O=C(O)c1cn(F)c2ccccc12. The van der Waals surface area contributed by atoms with Gasteiger partial charge in [-0.25, -0.2) is 4.79 Å². The van der Waals surface area contributed by atoms with Crippen molar-refractivity contribution >= 4 is 16.9 Å². The van der Waals surface area contributed by atoms with E-state index in [4.69, 9.17) is 5.11 Å². The fourth-order valence-electron chi connectivity index (χ4n) is 1.31. The molecule has 66 valence electrons. The summed E-state index contributed by atoms with van der Waals surface area (Å²) in [6.45, 7) is 0. The smallest absolute Gasteiger partial charge is 0.337 e. The molecule has 0 radical (unpaired) electrons. The number of hydrogen-bond donors (Lipinski definition) is 1. The van der Waals surface area contributed by atoms with Crippen molar-refractivity contribution < 1.29 is 14.4 Å². The number of rotatable bonds is 1. The molecule has 1 heterocycles. The van der Waals surface area contributed by atoms with Gasteiger partial charge in [0.2, 0.25) is 0 Å². The number of para-hydroxylation sites is 1. The minimum absolute atomic E-state index is 0.0156. The predicted molar refractivity (Wildman–Crippen MR) is 45.4 cm³/mol. The van der Waals surface area contributed by atoms with E-state index >= 15 is 0 Å². The maximum Gasteiger partial charge on any atom is 0.337 e. The third kappa shape index (κ3) is 1.07. The van der Waals surface area contributed by atoms with Gasteiger partial charge in [0.15, 0.2) is 0 Å². The zero-order valence-electron chi connectivity index (χ0n) is 6.57. The van der Waals surface area contributed by atoms with E-state index in [0.717, 1.165) is 6.20 Å². The van der Waals surface area contributed by atoms with Gasteiger partial charge in [0, 0.05) is 5.39 Å². The Balaban J connectivity index is 2.85. The van der Waals surface area contributed by atoms with Crippen LogP contribution >= 0.6 is 0 Å². The van der Waals surface area contributed by atoms with Crippen molar-refractivity contribution in [3.05, 3.63) is 36.0 Å². The maximum atomic E-state index is 13.0. The lowest BCUT2D eigenvalue weighted by molar-refractivity contribution is 0.0698. The zero-order valence-corrected chi connectivity index (χ0v) is 6.57. The number of benzene rings is 1. The summed E-state index contributed by atoms with van der Waals surface area (Å²) in [4.78, 5) is 11.0. The van der Waals surface area contributed by atoms with Gasteiger partial charge in [0.25, 0.3) is 0 Å². The predicted octanol–water partition coefficient (Wildman–Crippen LogP) is 2.07. The van der Waals surface area contributed by atoms with E-state index in [1.165, 1.54) is 6.07 Å². The van der Waals surface area contributed by atoms with E-state index in [0.29, 0.717) is 10.2 Å². The fourth-order valence-corrected chi connectivity index (χ4v) is 1.31. The molecule has 1 aromatic heterocycles.